The van der Waals surface area contributed by atoms with E-state index in [-0.39, 0.29) is 41.1 Å². The second-order valence-electron chi connectivity index (χ2n) is 5.16. The predicted octanol–water partition coefficient (Wildman–Crippen LogP) is 1.97. The Morgan fingerprint density at radius 1 is 1.36 bits per heavy atom. The number of benzene rings is 1. The summed E-state index contributed by atoms with van der Waals surface area (Å²) in [5.74, 6) is -0.0697. The van der Waals surface area contributed by atoms with E-state index in [1.165, 1.54) is 13.2 Å². The number of ether oxygens (including phenoxy) is 2. The topological polar surface area (TPSA) is 111 Å². The van der Waals surface area contributed by atoms with Gasteiger partial charge < -0.3 is 13.9 Å². The zero-order valence-electron chi connectivity index (χ0n) is 13.1. The monoisotopic (exact) mass is 364 g/mol. The maximum Gasteiger partial charge on any atom is 0.351 e. The molecule has 0 aromatic heterocycles. The van der Waals surface area contributed by atoms with E-state index in [1.807, 2.05) is 0 Å². The normalized spacial score (nSPS) is 11.0. The fourth-order valence-electron chi connectivity index (χ4n) is 2.28. The fraction of sp³-hybridized carbons (Fsp3) is 0.250. The lowest BCUT2D eigenvalue weighted by Gasteiger charge is -2.11. The summed E-state index contributed by atoms with van der Waals surface area (Å²) in [6, 6.07) is 4.84. The van der Waals surface area contributed by atoms with Crippen molar-refractivity contribution in [2.45, 2.75) is 12.8 Å². The number of fused-ring (bicyclic) bond motifs is 2. The molecule has 0 bridgehead atoms. The van der Waals surface area contributed by atoms with E-state index < -0.39 is 11.2 Å². The molecule has 0 aliphatic carbocycles. The Morgan fingerprint density at radius 2 is 2.16 bits per heavy atom. The third-order valence-corrected chi connectivity index (χ3v) is 3.86. The summed E-state index contributed by atoms with van der Waals surface area (Å²) >= 11 is 6.29. The SMILES string of the molecule is COC(=O)CCCOc1ccc2cc3c(=O)[nH]c(=O)nc-3oc2c1Cl. The number of esters is 1. The van der Waals surface area contributed by atoms with Gasteiger partial charge in [0.05, 0.1) is 13.7 Å². The van der Waals surface area contributed by atoms with Gasteiger partial charge in [-0.3, -0.25) is 14.6 Å². The quantitative estimate of drug-likeness (QED) is 0.418. The molecule has 2 aliphatic rings. The summed E-state index contributed by atoms with van der Waals surface area (Å²) in [5.41, 5.74) is -0.987. The molecule has 1 aromatic rings. The van der Waals surface area contributed by atoms with E-state index in [2.05, 4.69) is 14.7 Å². The van der Waals surface area contributed by atoms with E-state index in [9.17, 15) is 14.4 Å². The zero-order chi connectivity index (χ0) is 18.0. The lowest BCUT2D eigenvalue weighted by atomic mass is 10.1. The molecule has 1 aromatic carbocycles. The van der Waals surface area contributed by atoms with Crippen LogP contribution in [0.2, 0.25) is 5.02 Å². The van der Waals surface area contributed by atoms with E-state index >= 15 is 0 Å². The molecule has 0 amide bonds. The number of nitrogens with one attached hydrogen (secondary N) is 1. The number of hydrogen-bond donors (Lipinski definition) is 1. The van der Waals surface area contributed by atoms with Gasteiger partial charge in [0.1, 0.15) is 16.3 Å². The summed E-state index contributed by atoms with van der Waals surface area (Å²) in [7, 11) is 1.32. The average molecular weight is 365 g/mol. The molecule has 8 nitrogen and oxygen atoms in total. The zero-order valence-corrected chi connectivity index (χ0v) is 13.9. The molecule has 0 spiro atoms. The van der Waals surface area contributed by atoms with Crippen molar-refractivity contribution >= 4 is 28.5 Å². The summed E-state index contributed by atoms with van der Waals surface area (Å²) in [5, 5.41) is 0.748. The van der Waals surface area contributed by atoms with Gasteiger partial charge in [-0.1, -0.05) is 11.6 Å². The minimum atomic E-state index is -0.799. The van der Waals surface area contributed by atoms with Gasteiger partial charge in [-0.2, -0.15) is 4.98 Å². The van der Waals surface area contributed by atoms with Gasteiger partial charge in [-0.15, -0.1) is 0 Å². The van der Waals surface area contributed by atoms with E-state index in [4.69, 9.17) is 20.8 Å². The van der Waals surface area contributed by atoms with Gasteiger partial charge in [0.2, 0.25) is 5.89 Å². The molecule has 130 valence electrons. The van der Waals surface area contributed by atoms with E-state index in [0.717, 1.165) is 0 Å². The van der Waals surface area contributed by atoms with E-state index in [0.29, 0.717) is 17.6 Å². The molecule has 1 N–H and O–H groups in total. The molecule has 3 rings (SSSR count). The van der Waals surface area contributed by atoms with Gasteiger partial charge in [0.25, 0.3) is 5.56 Å². The predicted molar refractivity (Wildman–Crippen MR) is 89.3 cm³/mol. The molecule has 0 atom stereocenters. The number of methoxy groups -OCH3 is 1. The van der Waals surface area contributed by atoms with Crippen LogP contribution in [0.4, 0.5) is 0 Å². The summed E-state index contributed by atoms with van der Waals surface area (Å²) in [6.07, 6.45) is 0.696. The number of H-pyrrole nitrogens is 1. The highest BCUT2D eigenvalue weighted by Gasteiger charge is 2.17. The van der Waals surface area contributed by atoms with Crippen molar-refractivity contribution < 1.29 is 18.7 Å². The highest BCUT2D eigenvalue weighted by Crippen LogP contribution is 2.35. The number of aromatic amines is 1. The second-order valence-corrected chi connectivity index (χ2v) is 5.54. The van der Waals surface area contributed by atoms with Crippen molar-refractivity contribution in [3.8, 4) is 17.2 Å². The Bertz CT molecular complexity index is 1030. The van der Waals surface area contributed by atoms with Gasteiger partial charge in [0, 0.05) is 11.8 Å². The van der Waals surface area contributed by atoms with Crippen molar-refractivity contribution in [1.29, 1.82) is 0 Å². The van der Waals surface area contributed by atoms with Crippen LogP contribution in [0.3, 0.4) is 0 Å². The smallest absolute Gasteiger partial charge is 0.351 e. The van der Waals surface area contributed by atoms with Crippen molar-refractivity contribution in [2.75, 3.05) is 13.7 Å². The number of nitrogens with zero attached hydrogens (tertiary/aromatic N) is 1. The van der Waals surface area contributed by atoms with Gasteiger partial charge >= 0.3 is 11.7 Å². The first-order valence-electron chi connectivity index (χ1n) is 7.35. The van der Waals surface area contributed by atoms with Crippen molar-refractivity contribution in [3.05, 3.63) is 44.1 Å². The molecule has 9 heteroatoms. The average Bonchev–Trinajstić information content (AvgIpc) is 2.59. The van der Waals surface area contributed by atoms with Crippen LogP contribution in [-0.4, -0.2) is 29.7 Å². The fourth-order valence-corrected chi connectivity index (χ4v) is 2.55. The van der Waals surface area contributed by atoms with Crippen molar-refractivity contribution in [3.63, 3.8) is 0 Å². The second kappa shape index (κ2) is 6.94. The van der Waals surface area contributed by atoms with Crippen LogP contribution in [0, 0.1) is 0 Å². The largest absolute Gasteiger partial charge is 0.492 e. The Morgan fingerprint density at radius 3 is 2.92 bits per heavy atom. The van der Waals surface area contributed by atoms with Crippen molar-refractivity contribution in [2.24, 2.45) is 0 Å². The third kappa shape index (κ3) is 3.48. The molecular formula is C16H13ClN2O6. The van der Waals surface area contributed by atoms with E-state index in [1.54, 1.807) is 12.1 Å². The Labute approximate surface area is 145 Å². The summed E-state index contributed by atoms with van der Waals surface area (Å²) < 4.78 is 15.6. The summed E-state index contributed by atoms with van der Waals surface area (Å²) in [6.45, 7) is 0.260. The molecule has 2 heterocycles. The van der Waals surface area contributed by atoms with Crippen LogP contribution in [-0.2, 0) is 9.53 Å². The number of carbonyl (C=O) groups excluding carboxylic acids is 1. The van der Waals surface area contributed by atoms with Crippen LogP contribution >= 0.6 is 11.6 Å². The maximum absolute atomic E-state index is 11.8. The number of hydrogen-bond acceptors (Lipinski definition) is 7. The van der Waals surface area contributed by atoms with Crippen LogP contribution in [0.15, 0.2) is 32.2 Å². The van der Waals surface area contributed by atoms with Crippen LogP contribution in [0.25, 0.3) is 22.4 Å². The number of aromatic nitrogens is 2. The van der Waals surface area contributed by atoms with Gasteiger partial charge in [-0.25, -0.2) is 4.79 Å². The molecule has 0 fully saturated rings. The first kappa shape index (κ1) is 17.0. The molecule has 0 radical (unpaired) electrons. The lowest BCUT2D eigenvalue weighted by molar-refractivity contribution is -0.140. The Balaban J connectivity index is 1.93. The van der Waals surface area contributed by atoms with Crippen molar-refractivity contribution in [1.82, 2.24) is 9.97 Å². The van der Waals surface area contributed by atoms with Crippen LogP contribution in [0.1, 0.15) is 12.8 Å². The minimum Gasteiger partial charge on any atom is -0.492 e. The van der Waals surface area contributed by atoms with Crippen LogP contribution < -0.4 is 16.0 Å². The van der Waals surface area contributed by atoms with Gasteiger partial charge in [-0.05, 0) is 24.6 Å². The highest BCUT2D eigenvalue weighted by molar-refractivity contribution is 6.36. The lowest BCUT2D eigenvalue weighted by Crippen LogP contribution is -2.24. The summed E-state index contributed by atoms with van der Waals surface area (Å²) in [4.78, 5) is 39.9. The standard InChI is InChI=1S/C16H13ClN2O6/c1-23-11(20)3-2-6-24-10-5-4-8-7-9-14(21)18-16(22)19-15(9)25-13(8)12(10)17/h4-5,7H,2-3,6H2,1H3,(H,18,21,22). The molecule has 2 aliphatic heterocycles. The molecule has 25 heavy (non-hydrogen) atoms. The molecule has 0 saturated heterocycles. The third-order valence-electron chi connectivity index (χ3n) is 3.50. The Kier molecular flexibility index (Phi) is 4.71. The van der Waals surface area contributed by atoms with Gasteiger partial charge in [0.15, 0.2) is 5.58 Å². The van der Waals surface area contributed by atoms with Crippen LogP contribution in [0.5, 0.6) is 5.75 Å². The number of halogens is 1. The minimum absolute atomic E-state index is 0.106. The highest BCUT2D eigenvalue weighted by atomic mass is 35.5. The first-order chi connectivity index (χ1) is 12.0. The molecule has 0 saturated carbocycles. The molecule has 0 unspecified atom stereocenters. The number of carbonyl (C=O) groups is 1. The first-order valence-corrected chi connectivity index (χ1v) is 7.73. The maximum atomic E-state index is 11.8. The molecular weight excluding hydrogens is 352 g/mol. The Hall–Kier alpha value is -2.87. The number of rotatable bonds is 5.